The molecule has 0 unspecified atom stereocenters. The van der Waals surface area contributed by atoms with Gasteiger partial charge in [-0.05, 0) is 35.2 Å². The molecular formula is C27H29NO4. The van der Waals surface area contributed by atoms with Crippen LogP contribution in [0.2, 0.25) is 0 Å². The van der Waals surface area contributed by atoms with Gasteiger partial charge in [-0.2, -0.15) is 0 Å². The summed E-state index contributed by atoms with van der Waals surface area (Å²) in [4.78, 5) is 26.7. The van der Waals surface area contributed by atoms with Gasteiger partial charge in [0.05, 0.1) is 11.5 Å². The Labute approximate surface area is 189 Å². The number of hydrogen-bond donors (Lipinski definition) is 0. The highest BCUT2D eigenvalue weighted by molar-refractivity contribution is 5.96. The fraction of sp³-hybridized carbons (Fsp3) is 0.259. The number of nitrogens with zero attached hydrogens (tertiary/aromatic N) is 1. The van der Waals surface area contributed by atoms with E-state index in [1.54, 1.807) is 20.2 Å². The second kappa shape index (κ2) is 11.1. The molecule has 0 heterocycles. The Morgan fingerprint density at radius 2 is 1.41 bits per heavy atom. The van der Waals surface area contributed by atoms with E-state index >= 15 is 0 Å². The molecule has 166 valence electrons. The molecule has 0 aromatic heterocycles. The van der Waals surface area contributed by atoms with E-state index in [4.69, 9.17) is 9.47 Å². The lowest BCUT2D eigenvalue weighted by molar-refractivity contribution is -0.149. The van der Waals surface area contributed by atoms with Crippen molar-refractivity contribution in [3.8, 4) is 5.75 Å². The van der Waals surface area contributed by atoms with Crippen molar-refractivity contribution in [3.05, 3.63) is 101 Å². The third kappa shape index (κ3) is 6.45. The van der Waals surface area contributed by atoms with Crippen LogP contribution in [0, 0.1) is 5.92 Å². The van der Waals surface area contributed by atoms with Crippen molar-refractivity contribution in [2.75, 3.05) is 14.1 Å². The third-order valence-electron chi connectivity index (χ3n) is 5.09. The van der Waals surface area contributed by atoms with E-state index in [0.717, 1.165) is 16.7 Å². The summed E-state index contributed by atoms with van der Waals surface area (Å²) < 4.78 is 11.4. The molecule has 0 bridgehead atoms. The van der Waals surface area contributed by atoms with Gasteiger partial charge in [0.1, 0.15) is 19.0 Å². The summed E-state index contributed by atoms with van der Waals surface area (Å²) in [6.07, 6.45) is 0.473. The summed E-state index contributed by atoms with van der Waals surface area (Å²) in [6, 6.07) is 24.9. The fourth-order valence-electron chi connectivity index (χ4n) is 3.28. The van der Waals surface area contributed by atoms with Crippen LogP contribution in [-0.2, 0) is 29.2 Å². The normalized spacial score (nSPS) is 11.5. The van der Waals surface area contributed by atoms with Crippen LogP contribution in [-0.4, -0.2) is 30.9 Å². The van der Waals surface area contributed by atoms with Crippen LogP contribution < -0.4 is 4.74 Å². The van der Waals surface area contributed by atoms with Crippen LogP contribution >= 0.6 is 0 Å². The lowest BCUT2D eigenvalue weighted by Gasteiger charge is -2.17. The number of ether oxygens (including phenoxy) is 2. The molecule has 32 heavy (non-hydrogen) atoms. The van der Waals surface area contributed by atoms with Crippen LogP contribution in [0.1, 0.15) is 34.0 Å². The minimum Gasteiger partial charge on any atom is -0.488 e. The zero-order valence-electron chi connectivity index (χ0n) is 18.8. The molecule has 0 N–H and O–H groups in total. The van der Waals surface area contributed by atoms with Gasteiger partial charge in [-0.15, -0.1) is 0 Å². The molecule has 0 aliphatic rings. The summed E-state index contributed by atoms with van der Waals surface area (Å²) in [6.45, 7) is 2.46. The van der Waals surface area contributed by atoms with Gasteiger partial charge in [0, 0.05) is 14.1 Å². The molecule has 0 saturated carbocycles. The molecule has 1 atom stereocenters. The van der Waals surface area contributed by atoms with Crippen LogP contribution in [0.4, 0.5) is 0 Å². The number of hydrogen-bond acceptors (Lipinski definition) is 4. The van der Waals surface area contributed by atoms with Crippen molar-refractivity contribution >= 4 is 11.9 Å². The van der Waals surface area contributed by atoms with E-state index in [1.165, 1.54) is 4.90 Å². The Morgan fingerprint density at radius 3 is 2.00 bits per heavy atom. The first-order valence-electron chi connectivity index (χ1n) is 10.7. The van der Waals surface area contributed by atoms with Crippen molar-refractivity contribution in [1.82, 2.24) is 4.90 Å². The monoisotopic (exact) mass is 431 g/mol. The molecule has 0 radical (unpaired) electrons. The van der Waals surface area contributed by atoms with Gasteiger partial charge in [0.25, 0.3) is 5.91 Å². The van der Waals surface area contributed by atoms with E-state index in [1.807, 2.05) is 79.7 Å². The maximum atomic E-state index is 12.8. The molecule has 5 nitrogen and oxygen atoms in total. The first-order valence-corrected chi connectivity index (χ1v) is 10.7. The van der Waals surface area contributed by atoms with Crippen molar-refractivity contribution in [2.24, 2.45) is 5.92 Å². The molecule has 0 aliphatic carbocycles. The van der Waals surface area contributed by atoms with Gasteiger partial charge in [0.15, 0.2) is 0 Å². The number of carbonyl (C=O) groups excluding carboxylic acids is 2. The molecular weight excluding hydrogens is 402 g/mol. The number of amides is 1. The van der Waals surface area contributed by atoms with Crippen molar-refractivity contribution in [1.29, 1.82) is 0 Å². The molecule has 0 fully saturated rings. The van der Waals surface area contributed by atoms with Crippen LogP contribution in [0.5, 0.6) is 5.75 Å². The lowest BCUT2D eigenvalue weighted by Crippen LogP contribution is -2.23. The highest BCUT2D eigenvalue weighted by Gasteiger charge is 2.19. The van der Waals surface area contributed by atoms with Crippen molar-refractivity contribution in [2.45, 2.75) is 26.6 Å². The SMILES string of the molecule is C[C@@H](Cc1ccc(OCc2ccccc2)c(C(=O)N(C)C)c1)C(=O)OCc1ccccc1. The summed E-state index contributed by atoms with van der Waals surface area (Å²) in [7, 11) is 3.42. The average molecular weight is 432 g/mol. The van der Waals surface area contributed by atoms with Crippen LogP contribution in [0.3, 0.4) is 0 Å². The smallest absolute Gasteiger partial charge is 0.309 e. The molecule has 1 amide bonds. The Morgan fingerprint density at radius 1 is 0.812 bits per heavy atom. The molecule has 0 saturated heterocycles. The lowest BCUT2D eigenvalue weighted by atomic mass is 9.98. The molecule has 3 aromatic carbocycles. The number of esters is 1. The van der Waals surface area contributed by atoms with Gasteiger partial charge in [0.2, 0.25) is 0 Å². The molecule has 0 aliphatic heterocycles. The van der Waals surface area contributed by atoms with E-state index < -0.39 is 0 Å². The first kappa shape index (κ1) is 23.1. The molecule has 3 rings (SSSR count). The fourth-order valence-corrected chi connectivity index (χ4v) is 3.28. The quantitative estimate of drug-likeness (QED) is 0.453. The Kier molecular flexibility index (Phi) is 8.03. The van der Waals surface area contributed by atoms with Crippen molar-refractivity contribution < 1.29 is 19.1 Å². The summed E-state index contributed by atoms with van der Waals surface area (Å²) in [5, 5.41) is 0. The van der Waals surface area contributed by atoms with Crippen LogP contribution in [0.15, 0.2) is 78.9 Å². The highest BCUT2D eigenvalue weighted by Crippen LogP contribution is 2.24. The Bertz CT molecular complexity index is 1030. The highest BCUT2D eigenvalue weighted by atomic mass is 16.5. The largest absolute Gasteiger partial charge is 0.488 e. The summed E-state index contributed by atoms with van der Waals surface area (Å²) in [5.74, 6) is -0.222. The number of rotatable bonds is 9. The van der Waals surface area contributed by atoms with Gasteiger partial charge >= 0.3 is 5.97 Å². The number of carbonyl (C=O) groups is 2. The minimum absolute atomic E-state index is 0.144. The van der Waals surface area contributed by atoms with Crippen LogP contribution in [0.25, 0.3) is 0 Å². The second-order valence-corrected chi connectivity index (χ2v) is 8.00. The van der Waals surface area contributed by atoms with E-state index in [-0.39, 0.29) is 24.4 Å². The number of benzene rings is 3. The minimum atomic E-state index is -0.336. The van der Waals surface area contributed by atoms with E-state index in [0.29, 0.717) is 24.3 Å². The average Bonchev–Trinajstić information content (AvgIpc) is 2.82. The van der Waals surface area contributed by atoms with Gasteiger partial charge in [-0.25, -0.2) is 0 Å². The maximum Gasteiger partial charge on any atom is 0.309 e. The topological polar surface area (TPSA) is 55.8 Å². The second-order valence-electron chi connectivity index (χ2n) is 8.00. The molecule has 5 heteroatoms. The zero-order chi connectivity index (χ0) is 22.9. The standard InChI is InChI=1S/C27H29NO4/c1-20(27(30)32-19-22-12-8-5-9-13-22)16-23-14-15-25(24(17-23)26(29)28(2)3)31-18-21-10-6-4-7-11-21/h4-15,17,20H,16,18-19H2,1-3H3/t20-/m0/s1. The van der Waals surface area contributed by atoms with E-state index in [9.17, 15) is 9.59 Å². The molecule has 3 aromatic rings. The van der Waals surface area contributed by atoms with Crippen molar-refractivity contribution in [3.63, 3.8) is 0 Å². The maximum absolute atomic E-state index is 12.8. The summed E-state index contributed by atoms with van der Waals surface area (Å²) >= 11 is 0. The van der Waals surface area contributed by atoms with E-state index in [2.05, 4.69) is 0 Å². The zero-order valence-corrected chi connectivity index (χ0v) is 18.8. The predicted molar refractivity (Wildman–Crippen MR) is 124 cm³/mol. The van der Waals surface area contributed by atoms with Gasteiger partial charge in [-0.3, -0.25) is 9.59 Å². The Hall–Kier alpha value is -3.60. The van der Waals surface area contributed by atoms with Gasteiger partial charge < -0.3 is 14.4 Å². The molecule has 0 spiro atoms. The first-order chi connectivity index (χ1) is 15.4. The Balaban J connectivity index is 1.68. The summed E-state index contributed by atoms with van der Waals surface area (Å²) in [5.41, 5.74) is 3.33. The predicted octanol–water partition coefficient (Wildman–Crippen LogP) is 4.89. The van der Waals surface area contributed by atoms with Gasteiger partial charge in [-0.1, -0.05) is 73.7 Å². The third-order valence-corrected chi connectivity index (χ3v) is 5.09.